The lowest BCUT2D eigenvalue weighted by atomic mass is 10.2. The van der Waals surface area contributed by atoms with E-state index in [0.29, 0.717) is 6.54 Å². The molecule has 7 heteroatoms. The maximum absolute atomic E-state index is 5.25. The zero-order chi connectivity index (χ0) is 18.2. The number of aromatic nitrogens is 2. The van der Waals surface area contributed by atoms with Crippen molar-refractivity contribution in [1.29, 1.82) is 0 Å². The van der Waals surface area contributed by atoms with E-state index in [9.17, 15) is 0 Å². The van der Waals surface area contributed by atoms with Crippen LogP contribution in [0.3, 0.4) is 0 Å². The van der Waals surface area contributed by atoms with Crippen molar-refractivity contribution in [3.05, 3.63) is 60.4 Å². The van der Waals surface area contributed by atoms with Crippen LogP contribution in [-0.2, 0) is 13.1 Å². The molecule has 0 spiro atoms. The first-order valence-electron chi connectivity index (χ1n) is 8.77. The minimum absolute atomic E-state index is 0. The van der Waals surface area contributed by atoms with Gasteiger partial charge in [0.25, 0.3) is 0 Å². The number of guanidine groups is 1. The summed E-state index contributed by atoms with van der Waals surface area (Å²) in [5.74, 6) is 1.66. The molecule has 0 bridgehead atoms. The molecule has 0 aliphatic heterocycles. The Kier molecular flexibility index (Phi) is 8.38. The van der Waals surface area contributed by atoms with Crippen LogP contribution in [0, 0.1) is 0 Å². The van der Waals surface area contributed by atoms with Gasteiger partial charge >= 0.3 is 0 Å². The highest BCUT2D eigenvalue weighted by atomic mass is 127. The highest BCUT2D eigenvalue weighted by Gasteiger charge is 2.02. The first-order chi connectivity index (χ1) is 12.8. The number of halogens is 1. The first kappa shape index (κ1) is 21.0. The van der Waals surface area contributed by atoms with E-state index in [1.54, 1.807) is 14.2 Å². The van der Waals surface area contributed by atoms with E-state index in [2.05, 4.69) is 37.3 Å². The molecule has 144 valence electrons. The van der Waals surface area contributed by atoms with Gasteiger partial charge in [-0.1, -0.05) is 24.3 Å². The van der Waals surface area contributed by atoms with Crippen LogP contribution >= 0.6 is 24.0 Å². The molecule has 2 aromatic carbocycles. The second-order valence-electron chi connectivity index (χ2n) is 5.98. The summed E-state index contributed by atoms with van der Waals surface area (Å²) < 4.78 is 7.44. The van der Waals surface area contributed by atoms with E-state index in [1.165, 1.54) is 5.52 Å². The second kappa shape index (κ2) is 10.8. The molecule has 3 rings (SSSR count). The van der Waals surface area contributed by atoms with Gasteiger partial charge in [-0.3, -0.25) is 4.99 Å². The highest BCUT2D eigenvalue weighted by Crippen LogP contribution is 2.12. The Morgan fingerprint density at radius 1 is 1.15 bits per heavy atom. The number of para-hydroxylation sites is 2. The van der Waals surface area contributed by atoms with Crippen LogP contribution in [0.4, 0.5) is 0 Å². The molecule has 6 nitrogen and oxygen atoms in total. The lowest BCUT2D eigenvalue weighted by Gasteiger charge is -2.12. The number of fused-ring (bicyclic) bond motifs is 1. The van der Waals surface area contributed by atoms with Gasteiger partial charge in [-0.15, -0.1) is 24.0 Å². The number of benzene rings is 2. The van der Waals surface area contributed by atoms with Crippen molar-refractivity contribution in [2.75, 3.05) is 20.7 Å². The van der Waals surface area contributed by atoms with Gasteiger partial charge in [-0.2, -0.15) is 0 Å². The number of aryl methyl sites for hydroxylation is 1. The fraction of sp³-hybridized carbons (Fsp3) is 0.300. The summed E-state index contributed by atoms with van der Waals surface area (Å²) in [7, 11) is 3.46. The zero-order valence-corrected chi connectivity index (χ0v) is 18.0. The van der Waals surface area contributed by atoms with Crippen LogP contribution in [0.1, 0.15) is 12.0 Å². The zero-order valence-electron chi connectivity index (χ0n) is 15.7. The van der Waals surface area contributed by atoms with Gasteiger partial charge < -0.3 is 19.9 Å². The average Bonchev–Trinajstić information content (AvgIpc) is 3.11. The quantitative estimate of drug-likeness (QED) is 0.236. The van der Waals surface area contributed by atoms with Crippen LogP contribution in [0.2, 0.25) is 0 Å². The first-order valence-corrected chi connectivity index (χ1v) is 8.77. The van der Waals surface area contributed by atoms with E-state index in [0.717, 1.165) is 42.3 Å². The number of nitrogens with zero attached hydrogens (tertiary/aromatic N) is 3. The Morgan fingerprint density at radius 3 is 2.81 bits per heavy atom. The molecule has 0 saturated heterocycles. The third kappa shape index (κ3) is 5.85. The van der Waals surface area contributed by atoms with Crippen molar-refractivity contribution in [3.63, 3.8) is 0 Å². The molecule has 0 atom stereocenters. The number of imidazole rings is 1. The van der Waals surface area contributed by atoms with Crippen LogP contribution in [0.15, 0.2) is 59.9 Å². The minimum atomic E-state index is 0. The molecular weight excluding hydrogens is 453 g/mol. The van der Waals surface area contributed by atoms with Crippen LogP contribution < -0.4 is 15.4 Å². The lowest BCUT2D eigenvalue weighted by molar-refractivity contribution is 0.414. The average molecular weight is 479 g/mol. The van der Waals surface area contributed by atoms with E-state index in [-0.39, 0.29) is 24.0 Å². The van der Waals surface area contributed by atoms with E-state index < -0.39 is 0 Å². The van der Waals surface area contributed by atoms with Gasteiger partial charge in [0.1, 0.15) is 5.75 Å². The Hall–Kier alpha value is -2.29. The van der Waals surface area contributed by atoms with E-state index in [1.807, 2.05) is 42.7 Å². The Balaban J connectivity index is 0.00000261. The van der Waals surface area contributed by atoms with Gasteiger partial charge in [-0.05, 0) is 36.2 Å². The van der Waals surface area contributed by atoms with Gasteiger partial charge in [-0.25, -0.2) is 4.98 Å². The molecule has 1 aromatic heterocycles. The summed E-state index contributed by atoms with van der Waals surface area (Å²) >= 11 is 0. The fourth-order valence-electron chi connectivity index (χ4n) is 2.83. The molecule has 0 aliphatic carbocycles. The molecule has 0 fully saturated rings. The van der Waals surface area contributed by atoms with Gasteiger partial charge in [0.15, 0.2) is 5.96 Å². The lowest BCUT2D eigenvalue weighted by Crippen LogP contribution is -2.37. The van der Waals surface area contributed by atoms with Crippen molar-refractivity contribution < 1.29 is 4.74 Å². The number of methoxy groups -OCH3 is 1. The summed E-state index contributed by atoms with van der Waals surface area (Å²) in [5.41, 5.74) is 3.36. The molecule has 0 unspecified atom stereocenters. The molecule has 0 saturated carbocycles. The van der Waals surface area contributed by atoms with Crippen molar-refractivity contribution >= 4 is 41.0 Å². The minimum Gasteiger partial charge on any atom is -0.497 e. The van der Waals surface area contributed by atoms with Crippen LogP contribution in [0.5, 0.6) is 5.75 Å². The fourth-order valence-corrected chi connectivity index (χ4v) is 2.83. The summed E-state index contributed by atoms with van der Waals surface area (Å²) in [4.78, 5) is 8.70. The maximum Gasteiger partial charge on any atom is 0.191 e. The summed E-state index contributed by atoms with van der Waals surface area (Å²) in [6.45, 7) is 2.45. The van der Waals surface area contributed by atoms with Crippen LogP contribution in [-0.4, -0.2) is 36.2 Å². The number of hydrogen-bond acceptors (Lipinski definition) is 3. The predicted molar refractivity (Wildman–Crippen MR) is 121 cm³/mol. The van der Waals surface area contributed by atoms with Crippen molar-refractivity contribution in [2.45, 2.75) is 19.5 Å². The number of hydrogen-bond donors (Lipinski definition) is 2. The molecular formula is C20H26IN5O. The molecule has 0 amide bonds. The molecule has 3 aromatic rings. The smallest absolute Gasteiger partial charge is 0.191 e. The van der Waals surface area contributed by atoms with E-state index >= 15 is 0 Å². The topological polar surface area (TPSA) is 63.5 Å². The van der Waals surface area contributed by atoms with Crippen LogP contribution in [0.25, 0.3) is 11.0 Å². The number of nitrogens with one attached hydrogen (secondary N) is 2. The Bertz CT molecular complexity index is 877. The third-order valence-corrected chi connectivity index (χ3v) is 4.21. The number of aliphatic imine (C=N–C) groups is 1. The van der Waals surface area contributed by atoms with Gasteiger partial charge in [0, 0.05) is 26.7 Å². The Morgan fingerprint density at radius 2 is 2.00 bits per heavy atom. The largest absolute Gasteiger partial charge is 0.497 e. The van der Waals surface area contributed by atoms with Crippen molar-refractivity contribution in [1.82, 2.24) is 20.2 Å². The molecule has 1 heterocycles. The molecule has 27 heavy (non-hydrogen) atoms. The molecule has 2 N–H and O–H groups in total. The predicted octanol–water partition coefficient (Wildman–Crippen LogP) is 3.42. The summed E-state index contributed by atoms with van der Waals surface area (Å²) in [6, 6.07) is 16.2. The van der Waals surface area contributed by atoms with Gasteiger partial charge in [0.05, 0.1) is 24.5 Å². The standard InChI is InChI=1S/C20H25N5O.HI/c1-21-20(23-14-16-7-5-8-17(13-16)26-2)22-11-6-12-25-15-24-18-9-3-4-10-19(18)25;/h3-5,7-10,13,15H,6,11-12,14H2,1-2H3,(H2,21,22,23);1H. The summed E-state index contributed by atoms with van der Waals surface area (Å²) in [6.07, 6.45) is 2.89. The SMILES string of the molecule is CN=C(NCCCn1cnc2ccccc21)NCc1cccc(OC)c1.I. The van der Waals surface area contributed by atoms with Crippen molar-refractivity contribution in [3.8, 4) is 5.75 Å². The normalized spacial score (nSPS) is 11.1. The number of rotatable bonds is 7. The molecule has 0 aliphatic rings. The Labute approximate surface area is 177 Å². The van der Waals surface area contributed by atoms with Crippen molar-refractivity contribution in [2.24, 2.45) is 4.99 Å². The number of ether oxygens (including phenoxy) is 1. The van der Waals surface area contributed by atoms with E-state index in [4.69, 9.17) is 4.74 Å². The molecule has 0 radical (unpaired) electrons. The monoisotopic (exact) mass is 479 g/mol. The third-order valence-electron chi connectivity index (χ3n) is 4.21. The maximum atomic E-state index is 5.25. The highest BCUT2D eigenvalue weighted by molar-refractivity contribution is 14.0. The second-order valence-corrected chi connectivity index (χ2v) is 5.98. The summed E-state index contributed by atoms with van der Waals surface area (Å²) in [5, 5.41) is 6.68. The van der Waals surface area contributed by atoms with Gasteiger partial charge in [0.2, 0.25) is 0 Å².